The van der Waals surface area contributed by atoms with Gasteiger partial charge in [-0.15, -0.1) is 0 Å². The number of benzene rings is 2. The smallest absolute Gasteiger partial charge is 0.326 e. The molecule has 2 aromatic carbocycles. The molecule has 0 aliphatic rings. The fraction of sp³-hybridized carbons (Fsp3) is 0.500. The van der Waals surface area contributed by atoms with Crippen LogP contribution in [0.15, 0.2) is 59.1 Å². The van der Waals surface area contributed by atoms with Crippen LogP contribution in [-0.4, -0.2) is 98.2 Å². The van der Waals surface area contributed by atoms with Gasteiger partial charge in [0.05, 0.1) is 18.6 Å². The highest BCUT2D eigenvalue weighted by molar-refractivity contribution is 9.10. The fourth-order valence-electron chi connectivity index (χ4n) is 5.54. The molecule has 0 spiro atoms. The SMILES string of the molecule is CC(C)CC(NC(=O)C(O)c1ccccc1Br)[C@@H](O)CC(=O)N[C@@H](C(=O)N[C@H](C)C(=O)N[C@H](CCC(=O)O)C(=O)N[C@H](Cc1ccccc1)C(=O)O)C(C)C. The van der Waals surface area contributed by atoms with E-state index in [0.717, 1.165) is 0 Å². The van der Waals surface area contributed by atoms with E-state index in [2.05, 4.69) is 42.5 Å². The number of amides is 5. The van der Waals surface area contributed by atoms with Gasteiger partial charge in [0.25, 0.3) is 5.91 Å². The maximum Gasteiger partial charge on any atom is 0.326 e. The van der Waals surface area contributed by atoms with Crippen molar-refractivity contribution in [2.45, 2.75) is 109 Å². The third-order valence-electron chi connectivity index (χ3n) is 8.55. The normalized spacial score (nSPS) is 15.0. The molecule has 302 valence electrons. The van der Waals surface area contributed by atoms with Gasteiger partial charge in [0, 0.05) is 22.9 Å². The molecule has 0 fully saturated rings. The Morgan fingerprint density at radius 2 is 1.29 bits per heavy atom. The average Bonchev–Trinajstić information content (AvgIpc) is 3.11. The van der Waals surface area contributed by atoms with Crippen molar-refractivity contribution in [3.63, 3.8) is 0 Å². The van der Waals surface area contributed by atoms with Crippen LogP contribution in [0.4, 0.5) is 0 Å². The second-order valence-corrected chi connectivity index (χ2v) is 14.9. The molecule has 0 heterocycles. The lowest BCUT2D eigenvalue weighted by molar-refractivity contribution is -0.143. The van der Waals surface area contributed by atoms with Crippen molar-refractivity contribution in [1.82, 2.24) is 26.6 Å². The minimum absolute atomic E-state index is 0.0203. The molecule has 0 aliphatic heterocycles. The van der Waals surface area contributed by atoms with Crippen LogP contribution in [0, 0.1) is 11.8 Å². The predicted molar refractivity (Wildman–Crippen MR) is 204 cm³/mol. The highest BCUT2D eigenvalue weighted by Gasteiger charge is 2.33. The Labute approximate surface area is 328 Å². The molecule has 2 aromatic rings. The zero-order chi connectivity index (χ0) is 41.4. The maximum absolute atomic E-state index is 13.3. The van der Waals surface area contributed by atoms with E-state index in [0.29, 0.717) is 15.6 Å². The first-order valence-corrected chi connectivity index (χ1v) is 18.7. The summed E-state index contributed by atoms with van der Waals surface area (Å²) in [6, 6.07) is 8.83. The van der Waals surface area contributed by atoms with Crippen molar-refractivity contribution in [2.75, 3.05) is 0 Å². The molecule has 0 saturated carbocycles. The molecule has 5 amide bonds. The molecule has 0 saturated heterocycles. The van der Waals surface area contributed by atoms with Gasteiger partial charge in [-0.05, 0) is 43.2 Å². The summed E-state index contributed by atoms with van der Waals surface area (Å²) in [5.74, 6) is -7.23. The van der Waals surface area contributed by atoms with Gasteiger partial charge in [-0.2, -0.15) is 0 Å². The number of carbonyl (C=O) groups is 7. The Morgan fingerprint density at radius 3 is 1.85 bits per heavy atom. The van der Waals surface area contributed by atoms with Gasteiger partial charge in [-0.3, -0.25) is 28.8 Å². The van der Waals surface area contributed by atoms with Crippen LogP contribution in [0.5, 0.6) is 0 Å². The van der Waals surface area contributed by atoms with Crippen LogP contribution in [0.2, 0.25) is 0 Å². The Kier molecular flexibility index (Phi) is 18.9. The van der Waals surface area contributed by atoms with E-state index in [-0.39, 0.29) is 25.2 Å². The summed E-state index contributed by atoms with van der Waals surface area (Å²) in [7, 11) is 0. The highest BCUT2D eigenvalue weighted by Crippen LogP contribution is 2.24. The summed E-state index contributed by atoms with van der Waals surface area (Å²) in [5, 5.41) is 53.0. The molecule has 2 rings (SSSR count). The molecule has 0 aliphatic carbocycles. The zero-order valence-electron chi connectivity index (χ0n) is 31.5. The predicted octanol–water partition coefficient (Wildman–Crippen LogP) is 1.57. The number of carboxylic acid groups (broad SMARTS) is 2. The van der Waals surface area contributed by atoms with E-state index in [4.69, 9.17) is 0 Å². The number of carboxylic acids is 2. The van der Waals surface area contributed by atoms with Crippen molar-refractivity contribution < 1.29 is 54.0 Å². The molecule has 0 bridgehead atoms. The number of aliphatic carboxylic acids is 2. The lowest BCUT2D eigenvalue weighted by Gasteiger charge is -2.28. The van der Waals surface area contributed by atoms with Crippen molar-refractivity contribution in [3.8, 4) is 0 Å². The fourth-order valence-corrected chi connectivity index (χ4v) is 6.05. The largest absolute Gasteiger partial charge is 0.481 e. The number of aliphatic hydroxyl groups excluding tert-OH is 2. The number of rotatable bonds is 22. The Morgan fingerprint density at radius 1 is 0.691 bits per heavy atom. The number of carbonyl (C=O) groups excluding carboxylic acids is 5. The van der Waals surface area contributed by atoms with Gasteiger partial charge >= 0.3 is 11.9 Å². The molecule has 2 unspecified atom stereocenters. The average molecular weight is 835 g/mol. The molecule has 7 atom stereocenters. The summed E-state index contributed by atoms with van der Waals surface area (Å²) in [6.07, 6.45) is -4.19. The molecule has 0 aromatic heterocycles. The van der Waals surface area contributed by atoms with E-state index < -0.39 is 103 Å². The molecule has 17 heteroatoms. The number of nitrogens with one attached hydrogen (secondary N) is 5. The van der Waals surface area contributed by atoms with Crippen LogP contribution >= 0.6 is 15.9 Å². The first-order chi connectivity index (χ1) is 25.8. The van der Waals surface area contributed by atoms with E-state index in [1.54, 1.807) is 68.4 Å². The zero-order valence-corrected chi connectivity index (χ0v) is 33.0. The van der Waals surface area contributed by atoms with Gasteiger partial charge in [0.1, 0.15) is 24.2 Å². The second-order valence-electron chi connectivity index (χ2n) is 14.0. The van der Waals surface area contributed by atoms with Crippen molar-refractivity contribution >= 4 is 57.4 Å². The molecule has 16 nitrogen and oxygen atoms in total. The number of aliphatic hydroxyl groups is 2. The third kappa shape index (κ3) is 15.8. The quantitative estimate of drug-likeness (QED) is 0.0823. The first-order valence-electron chi connectivity index (χ1n) is 17.9. The summed E-state index contributed by atoms with van der Waals surface area (Å²) in [4.78, 5) is 89.0. The van der Waals surface area contributed by atoms with Gasteiger partial charge in [0.2, 0.25) is 23.6 Å². The van der Waals surface area contributed by atoms with Crippen LogP contribution < -0.4 is 26.6 Å². The van der Waals surface area contributed by atoms with Crippen molar-refractivity contribution in [2.24, 2.45) is 11.8 Å². The van der Waals surface area contributed by atoms with E-state index >= 15 is 0 Å². The maximum atomic E-state index is 13.3. The van der Waals surface area contributed by atoms with Gasteiger partial charge in [0.15, 0.2) is 6.10 Å². The molecular formula is C38H52BrN5O11. The van der Waals surface area contributed by atoms with E-state index in [1.165, 1.54) is 6.92 Å². The third-order valence-corrected chi connectivity index (χ3v) is 9.28. The van der Waals surface area contributed by atoms with Crippen molar-refractivity contribution in [1.29, 1.82) is 0 Å². The van der Waals surface area contributed by atoms with E-state index in [1.807, 2.05) is 13.8 Å². The number of hydrogen-bond donors (Lipinski definition) is 9. The topological polar surface area (TPSA) is 261 Å². The first kappa shape index (κ1) is 46.3. The molecular weight excluding hydrogens is 782 g/mol. The monoisotopic (exact) mass is 833 g/mol. The number of hydrogen-bond acceptors (Lipinski definition) is 9. The van der Waals surface area contributed by atoms with Crippen LogP contribution in [0.3, 0.4) is 0 Å². The minimum Gasteiger partial charge on any atom is -0.481 e. The minimum atomic E-state index is -1.55. The van der Waals surface area contributed by atoms with Crippen LogP contribution in [-0.2, 0) is 40.0 Å². The van der Waals surface area contributed by atoms with E-state index in [9.17, 15) is 54.0 Å². The summed E-state index contributed by atoms with van der Waals surface area (Å²) in [5.41, 5.74) is 0.933. The summed E-state index contributed by atoms with van der Waals surface area (Å²) in [6.45, 7) is 8.28. The van der Waals surface area contributed by atoms with Crippen molar-refractivity contribution in [3.05, 3.63) is 70.2 Å². The van der Waals surface area contributed by atoms with Gasteiger partial charge < -0.3 is 47.0 Å². The lowest BCUT2D eigenvalue weighted by atomic mass is 9.96. The van der Waals surface area contributed by atoms with Crippen LogP contribution in [0.1, 0.15) is 77.5 Å². The van der Waals surface area contributed by atoms with Gasteiger partial charge in [-0.1, -0.05) is 92.2 Å². The molecule has 9 N–H and O–H groups in total. The number of halogens is 1. The summed E-state index contributed by atoms with van der Waals surface area (Å²) >= 11 is 3.30. The standard InChI is InChI=1S/C38H52BrN5O11/c1-20(2)17-27(42-37(53)33(49)24-13-9-10-14-25(24)39)29(45)19-30(46)44-32(21(3)4)36(52)40-22(5)34(50)41-26(15-16-31(47)48)35(51)43-28(38(54)55)18-23-11-7-6-8-12-23/h6-14,20-22,26-29,32-33,45,49H,15-19H2,1-5H3,(H,40,52)(H,41,50)(H,42,53)(H,43,51)(H,44,46)(H,47,48)(H,54,55)/t22-,26-,27?,28-,29+,32-,33?/m1/s1. The Bertz CT molecular complexity index is 1640. The van der Waals surface area contributed by atoms with Gasteiger partial charge in [-0.25, -0.2) is 4.79 Å². The molecule has 55 heavy (non-hydrogen) atoms. The Hall–Kier alpha value is -4.87. The lowest BCUT2D eigenvalue weighted by Crippen LogP contribution is -2.58. The Balaban J connectivity index is 2.08. The second kappa shape index (κ2) is 22.5. The summed E-state index contributed by atoms with van der Waals surface area (Å²) < 4.78 is 0.509. The highest BCUT2D eigenvalue weighted by atomic mass is 79.9. The molecule has 0 radical (unpaired) electrons. The van der Waals surface area contributed by atoms with Crippen LogP contribution in [0.25, 0.3) is 0 Å².